The minimum Gasteiger partial charge on any atom is -0.499 e. The van der Waals surface area contributed by atoms with Crippen LogP contribution in [0.25, 0.3) is 10.1 Å². The minimum atomic E-state index is -0.0000463. The largest absolute Gasteiger partial charge is 0.499 e. The average Bonchev–Trinajstić information content (AvgIpc) is 2.48. The Bertz CT molecular complexity index is 450. The van der Waals surface area contributed by atoms with Gasteiger partial charge in [0.1, 0.15) is 0 Å². The molecule has 1 heterocycles. The van der Waals surface area contributed by atoms with Gasteiger partial charge < -0.3 is 10.2 Å². The highest BCUT2D eigenvalue weighted by Gasteiger charge is 2.07. The molecule has 2 N–H and O–H groups in total. The molecule has 68 valence electrons. The van der Waals surface area contributed by atoms with Crippen molar-refractivity contribution in [1.82, 2.24) is 0 Å². The Morgan fingerprint density at radius 1 is 1.38 bits per heavy atom. The zero-order valence-corrected chi connectivity index (χ0v) is 9.02. The molecule has 13 heavy (non-hydrogen) atoms. The van der Waals surface area contributed by atoms with Crippen LogP contribution >= 0.6 is 27.3 Å². The van der Waals surface area contributed by atoms with Gasteiger partial charge in [0.05, 0.1) is 11.3 Å². The maximum atomic E-state index is 9.32. The van der Waals surface area contributed by atoms with E-state index in [4.69, 9.17) is 5.11 Å². The van der Waals surface area contributed by atoms with E-state index in [1.807, 2.05) is 12.1 Å². The van der Waals surface area contributed by atoms with E-state index in [1.165, 1.54) is 11.3 Å². The van der Waals surface area contributed by atoms with Gasteiger partial charge in [-0.05, 0) is 33.6 Å². The van der Waals surface area contributed by atoms with Crippen molar-refractivity contribution in [3.8, 4) is 5.06 Å². The van der Waals surface area contributed by atoms with Crippen molar-refractivity contribution in [2.75, 3.05) is 0 Å². The summed E-state index contributed by atoms with van der Waals surface area (Å²) in [5.74, 6) is 0. The number of aromatic hydroxyl groups is 1. The lowest BCUT2D eigenvalue weighted by molar-refractivity contribution is 0.283. The van der Waals surface area contributed by atoms with Crippen LogP contribution in [0.2, 0.25) is 0 Å². The number of aliphatic hydroxyl groups is 1. The van der Waals surface area contributed by atoms with Gasteiger partial charge in [-0.3, -0.25) is 0 Å². The third kappa shape index (κ3) is 1.45. The number of benzene rings is 1. The smallest absolute Gasteiger partial charge is 0.172 e. The average molecular weight is 259 g/mol. The van der Waals surface area contributed by atoms with Crippen molar-refractivity contribution in [3.63, 3.8) is 0 Å². The Morgan fingerprint density at radius 2 is 2.15 bits per heavy atom. The van der Waals surface area contributed by atoms with Crippen LogP contribution in [0.4, 0.5) is 0 Å². The molecule has 1 aromatic carbocycles. The van der Waals surface area contributed by atoms with Gasteiger partial charge >= 0.3 is 0 Å². The summed E-state index contributed by atoms with van der Waals surface area (Å²) in [7, 11) is 0. The molecule has 2 nitrogen and oxygen atoms in total. The molecule has 0 aliphatic carbocycles. The predicted octanol–water partition coefficient (Wildman–Crippen LogP) is 2.86. The number of fused-ring (bicyclic) bond motifs is 1. The first-order valence-corrected chi connectivity index (χ1v) is 5.34. The van der Waals surface area contributed by atoms with E-state index in [-0.39, 0.29) is 11.7 Å². The SMILES string of the molecule is OCc1ccc(Br)c2sc(O)cc12. The van der Waals surface area contributed by atoms with Crippen molar-refractivity contribution in [1.29, 1.82) is 0 Å². The molecule has 1 aromatic heterocycles. The lowest BCUT2D eigenvalue weighted by Gasteiger charge is -1.99. The van der Waals surface area contributed by atoms with Crippen molar-refractivity contribution < 1.29 is 10.2 Å². The molecular formula is C9H7BrO2S. The first-order valence-electron chi connectivity index (χ1n) is 3.73. The monoisotopic (exact) mass is 258 g/mol. The van der Waals surface area contributed by atoms with E-state index in [0.717, 1.165) is 20.1 Å². The fourth-order valence-corrected chi connectivity index (χ4v) is 2.71. The molecule has 0 radical (unpaired) electrons. The number of thiophene rings is 1. The number of hydrogen-bond donors (Lipinski definition) is 2. The second-order valence-electron chi connectivity index (χ2n) is 2.69. The minimum absolute atomic E-state index is 0.0000463. The molecule has 2 aromatic rings. The van der Waals surface area contributed by atoms with E-state index in [9.17, 15) is 5.11 Å². The first kappa shape index (κ1) is 8.99. The van der Waals surface area contributed by atoms with Gasteiger partial charge in [0.25, 0.3) is 0 Å². The van der Waals surface area contributed by atoms with Gasteiger partial charge in [0.2, 0.25) is 0 Å². The standard InChI is InChI=1S/C9H7BrO2S/c10-7-2-1-5(4-11)6-3-8(12)13-9(6)7/h1-3,11-12H,4H2. The molecule has 0 amide bonds. The third-order valence-corrected chi connectivity index (χ3v) is 3.78. The zero-order chi connectivity index (χ0) is 9.42. The van der Waals surface area contributed by atoms with Crippen LogP contribution in [-0.2, 0) is 6.61 Å². The Kier molecular flexibility index (Phi) is 2.27. The summed E-state index contributed by atoms with van der Waals surface area (Å²) in [6, 6.07) is 5.40. The summed E-state index contributed by atoms with van der Waals surface area (Å²) >= 11 is 4.70. The van der Waals surface area contributed by atoms with Crippen molar-refractivity contribution >= 4 is 37.4 Å². The van der Waals surface area contributed by atoms with Crippen LogP contribution in [0, 0.1) is 0 Å². The molecule has 0 aliphatic heterocycles. The lowest BCUT2D eigenvalue weighted by atomic mass is 10.1. The van der Waals surface area contributed by atoms with E-state index >= 15 is 0 Å². The molecule has 0 atom stereocenters. The molecule has 0 saturated carbocycles. The maximum absolute atomic E-state index is 9.32. The van der Waals surface area contributed by atoms with E-state index in [0.29, 0.717) is 0 Å². The van der Waals surface area contributed by atoms with Gasteiger partial charge in [0, 0.05) is 9.86 Å². The van der Waals surface area contributed by atoms with Gasteiger partial charge in [0.15, 0.2) is 5.06 Å². The van der Waals surface area contributed by atoms with E-state index < -0.39 is 0 Å². The van der Waals surface area contributed by atoms with Crippen LogP contribution in [0.15, 0.2) is 22.7 Å². The van der Waals surface area contributed by atoms with Crippen LogP contribution in [0.3, 0.4) is 0 Å². The van der Waals surface area contributed by atoms with Gasteiger partial charge in [-0.15, -0.1) is 0 Å². The van der Waals surface area contributed by atoms with Crippen molar-refractivity contribution in [2.45, 2.75) is 6.61 Å². The molecule has 0 spiro atoms. The molecule has 4 heteroatoms. The topological polar surface area (TPSA) is 40.5 Å². The molecule has 2 rings (SSSR count). The quantitative estimate of drug-likeness (QED) is 0.826. The second kappa shape index (κ2) is 3.29. The second-order valence-corrected chi connectivity index (χ2v) is 4.58. The molecule has 0 bridgehead atoms. The summed E-state index contributed by atoms with van der Waals surface area (Å²) in [5.41, 5.74) is 0.842. The molecule has 0 saturated heterocycles. The Balaban J connectivity index is 2.83. The number of rotatable bonds is 1. The summed E-state index contributed by atoms with van der Waals surface area (Å²) in [6.45, 7) is -0.0000463. The van der Waals surface area contributed by atoms with Crippen molar-refractivity contribution in [3.05, 3.63) is 28.2 Å². The number of halogens is 1. The lowest BCUT2D eigenvalue weighted by Crippen LogP contribution is -1.82. The fourth-order valence-electron chi connectivity index (χ4n) is 1.27. The zero-order valence-electron chi connectivity index (χ0n) is 6.62. The Hall–Kier alpha value is -0.580. The van der Waals surface area contributed by atoms with Crippen LogP contribution in [-0.4, -0.2) is 10.2 Å². The van der Waals surface area contributed by atoms with Gasteiger partial charge in [-0.1, -0.05) is 17.4 Å². The van der Waals surface area contributed by atoms with Crippen LogP contribution in [0.1, 0.15) is 5.56 Å². The normalized spacial score (nSPS) is 10.9. The predicted molar refractivity (Wildman–Crippen MR) is 57.1 cm³/mol. The maximum Gasteiger partial charge on any atom is 0.172 e. The third-order valence-electron chi connectivity index (χ3n) is 1.88. The molecule has 0 fully saturated rings. The molecular weight excluding hydrogens is 252 g/mol. The van der Waals surface area contributed by atoms with Crippen molar-refractivity contribution in [2.24, 2.45) is 0 Å². The number of hydrogen-bond acceptors (Lipinski definition) is 3. The summed E-state index contributed by atoms with van der Waals surface area (Å²) in [6.07, 6.45) is 0. The number of aliphatic hydroxyl groups excluding tert-OH is 1. The van der Waals surface area contributed by atoms with Crippen LogP contribution < -0.4 is 0 Å². The Labute approximate surface area is 87.6 Å². The highest BCUT2D eigenvalue weighted by Crippen LogP contribution is 2.37. The molecule has 0 aliphatic rings. The van der Waals surface area contributed by atoms with Gasteiger partial charge in [-0.2, -0.15) is 0 Å². The summed E-state index contributed by atoms with van der Waals surface area (Å²) in [4.78, 5) is 0. The highest BCUT2D eigenvalue weighted by molar-refractivity contribution is 9.10. The highest BCUT2D eigenvalue weighted by atomic mass is 79.9. The fraction of sp³-hybridized carbons (Fsp3) is 0.111. The Morgan fingerprint density at radius 3 is 2.85 bits per heavy atom. The summed E-state index contributed by atoms with van der Waals surface area (Å²) in [5, 5.41) is 19.6. The van der Waals surface area contributed by atoms with Gasteiger partial charge in [-0.25, -0.2) is 0 Å². The molecule has 0 unspecified atom stereocenters. The first-order chi connectivity index (χ1) is 6.22. The van der Waals surface area contributed by atoms with E-state index in [2.05, 4.69) is 15.9 Å². The van der Waals surface area contributed by atoms with E-state index in [1.54, 1.807) is 6.07 Å². The van der Waals surface area contributed by atoms with Crippen LogP contribution in [0.5, 0.6) is 5.06 Å². The summed E-state index contributed by atoms with van der Waals surface area (Å²) < 4.78 is 1.93.